The van der Waals surface area contributed by atoms with Crippen molar-refractivity contribution in [1.29, 1.82) is 0 Å². The quantitative estimate of drug-likeness (QED) is 0.811. The molecule has 1 saturated heterocycles. The van der Waals surface area contributed by atoms with Gasteiger partial charge in [0.1, 0.15) is 0 Å². The summed E-state index contributed by atoms with van der Waals surface area (Å²) in [5.41, 5.74) is 0.701. The average molecular weight is 304 g/mol. The molecule has 2 aromatic carbocycles. The first-order valence-corrected chi connectivity index (χ1v) is 7.63. The Morgan fingerprint density at radius 1 is 1.19 bits per heavy atom. The Bertz CT molecular complexity index is 650. The van der Waals surface area contributed by atoms with Crippen molar-refractivity contribution in [3.8, 4) is 0 Å². The number of hydrogen-bond donors (Lipinski definition) is 0. The molecule has 3 rings (SSSR count). The van der Waals surface area contributed by atoms with Gasteiger partial charge in [-0.2, -0.15) is 0 Å². The van der Waals surface area contributed by atoms with Gasteiger partial charge in [-0.25, -0.2) is 0 Å². The molecule has 1 fully saturated rings. The maximum absolute atomic E-state index is 12.4. The van der Waals surface area contributed by atoms with Gasteiger partial charge in [-0.3, -0.25) is 9.69 Å². The molecule has 3 nitrogen and oxygen atoms in total. The summed E-state index contributed by atoms with van der Waals surface area (Å²) in [6, 6.07) is 11.6. The molecule has 0 N–H and O–H groups in total. The lowest BCUT2D eigenvalue weighted by molar-refractivity contribution is 0.0370. The van der Waals surface area contributed by atoms with Crippen molar-refractivity contribution in [2.75, 3.05) is 32.8 Å². The Labute approximate surface area is 129 Å². The Balaban J connectivity index is 1.72. The standard InChI is InChI=1S/C17H18ClNO2/c18-16-12-14(11-13-3-1-2-4-15(13)16)17(20)5-6-19-7-9-21-10-8-19/h1-4,11-12H,5-10H2. The van der Waals surface area contributed by atoms with Gasteiger partial charge in [-0.1, -0.05) is 35.9 Å². The number of ketones is 1. The van der Waals surface area contributed by atoms with Crippen LogP contribution in [0.2, 0.25) is 5.02 Å². The molecule has 2 aromatic rings. The molecule has 1 heterocycles. The highest BCUT2D eigenvalue weighted by molar-refractivity contribution is 6.36. The Morgan fingerprint density at radius 2 is 1.95 bits per heavy atom. The molecule has 0 bridgehead atoms. The third kappa shape index (κ3) is 3.43. The molecule has 0 aromatic heterocycles. The van der Waals surface area contributed by atoms with Gasteiger partial charge in [0.25, 0.3) is 0 Å². The predicted octanol–water partition coefficient (Wildman–Crippen LogP) is 3.40. The molecule has 0 unspecified atom stereocenters. The summed E-state index contributed by atoms with van der Waals surface area (Å²) >= 11 is 6.28. The number of benzene rings is 2. The lowest BCUT2D eigenvalue weighted by Gasteiger charge is -2.26. The maximum Gasteiger partial charge on any atom is 0.164 e. The molecule has 21 heavy (non-hydrogen) atoms. The van der Waals surface area contributed by atoms with Crippen LogP contribution in [0.5, 0.6) is 0 Å². The minimum atomic E-state index is 0.147. The third-order valence-corrected chi connectivity index (χ3v) is 4.20. The number of rotatable bonds is 4. The van der Waals surface area contributed by atoms with Crippen LogP contribution < -0.4 is 0 Å². The van der Waals surface area contributed by atoms with Crippen LogP contribution in [0.3, 0.4) is 0 Å². The highest BCUT2D eigenvalue weighted by Gasteiger charge is 2.14. The van der Waals surface area contributed by atoms with E-state index in [4.69, 9.17) is 16.3 Å². The third-order valence-electron chi connectivity index (χ3n) is 3.89. The van der Waals surface area contributed by atoms with Crippen LogP contribution in [-0.2, 0) is 4.74 Å². The summed E-state index contributed by atoms with van der Waals surface area (Å²) in [5, 5.41) is 2.64. The van der Waals surface area contributed by atoms with Crippen LogP contribution in [0.4, 0.5) is 0 Å². The molecule has 0 aliphatic carbocycles. The van der Waals surface area contributed by atoms with E-state index in [0.29, 0.717) is 17.0 Å². The van der Waals surface area contributed by atoms with E-state index < -0.39 is 0 Å². The zero-order chi connectivity index (χ0) is 14.7. The Morgan fingerprint density at radius 3 is 2.76 bits per heavy atom. The Hall–Kier alpha value is -1.42. The molecule has 110 valence electrons. The van der Waals surface area contributed by atoms with Crippen LogP contribution in [0.15, 0.2) is 36.4 Å². The second-order valence-corrected chi connectivity index (χ2v) is 5.71. The number of fused-ring (bicyclic) bond motifs is 1. The first kappa shape index (κ1) is 14.5. The fourth-order valence-electron chi connectivity index (χ4n) is 2.65. The van der Waals surface area contributed by atoms with E-state index in [9.17, 15) is 4.79 Å². The summed E-state index contributed by atoms with van der Waals surface area (Å²) in [6.45, 7) is 4.12. The largest absolute Gasteiger partial charge is 0.379 e. The molecule has 0 spiro atoms. The zero-order valence-corrected chi connectivity index (χ0v) is 12.6. The molecular formula is C17H18ClNO2. The first-order chi connectivity index (χ1) is 10.2. The van der Waals surface area contributed by atoms with Crippen molar-refractivity contribution in [3.63, 3.8) is 0 Å². The number of hydrogen-bond acceptors (Lipinski definition) is 3. The molecule has 0 atom stereocenters. The SMILES string of the molecule is O=C(CCN1CCOCC1)c1cc(Cl)c2ccccc2c1. The van der Waals surface area contributed by atoms with E-state index in [0.717, 1.165) is 43.6 Å². The van der Waals surface area contributed by atoms with Gasteiger partial charge in [0, 0.05) is 42.0 Å². The van der Waals surface area contributed by atoms with Crippen molar-refractivity contribution in [2.24, 2.45) is 0 Å². The molecule has 0 saturated carbocycles. The van der Waals surface area contributed by atoms with Gasteiger partial charge in [-0.05, 0) is 17.5 Å². The van der Waals surface area contributed by atoms with E-state index in [-0.39, 0.29) is 5.78 Å². The zero-order valence-electron chi connectivity index (χ0n) is 11.8. The van der Waals surface area contributed by atoms with E-state index in [2.05, 4.69) is 4.90 Å². The average Bonchev–Trinajstić information content (AvgIpc) is 2.53. The number of Topliss-reactive ketones (excluding diaryl/α,β-unsaturated/α-hetero) is 1. The number of morpholine rings is 1. The number of carbonyl (C=O) groups excluding carboxylic acids is 1. The Kier molecular flexibility index (Phi) is 4.54. The fraction of sp³-hybridized carbons (Fsp3) is 0.353. The summed E-state index contributed by atoms with van der Waals surface area (Å²) in [6.07, 6.45) is 0.522. The maximum atomic E-state index is 12.4. The molecule has 0 radical (unpaired) electrons. The fourth-order valence-corrected chi connectivity index (χ4v) is 2.94. The molecule has 1 aliphatic heterocycles. The monoisotopic (exact) mass is 303 g/mol. The summed E-state index contributed by atoms with van der Waals surface area (Å²) < 4.78 is 5.31. The summed E-state index contributed by atoms with van der Waals surface area (Å²) in [7, 11) is 0. The van der Waals surface area contributed by atoms with Crippen LogP contribution in [0, 0.1) is 0 Å². The first-order valence-electron chi connectivity index (χ1n) is 7.25. The van der Waals surface area contributed by atoms with Crippen molar-refractivity contribution < 1.29 is 9.53 Å². The van der Waals surface area contributed by atoms with Gasteiger partial charge in [0.05, 0.1) is 13.2 Å². The number of nitrogens with zero attached hydrogens (tertiary/aromatic N) is 1. The summed E-state index contributed by atoms with van der Waals surface area (Å²) in [4.78, 5) is 14.6. The van der Waals surface area contributed by atoms with Gasteiger partial charge in [-0.15, -0.1) is 0 Å². The van der Waals surface area contributed by atoms with E-state index in [1.807, 2.05) is 30.3 Å². The normalized spacial score (nSPS) is 16.2. The number of halogens is 1. The molecular weight excluding hydrogens is 286 g/mol. The summed E-state index contributed by atoms with van der Waals surface area (Å²) in [5.74, 6) is 0.147. The van der Waals surface area contributed by atoms with Crippen molar-refractivity contribution in [3.05, 3.63) is 47.0 Å². The van der Waals surface area contributed by atoms with E-state index in [1.54, 1.807) is 6.07 Å². The predicted molar refractivity (Wildman–Crippen MR) is 85.2 cm³/mol. The van der Waals surface area contributed by atoms with Crippen LogP contribution in [0.25, 0.3) is 10.8 Å². The second kappa shape index (κ2) is 6.56. The van der Waals surface area contributed by atoms with Crippen LogP contribution in [0.1, 0.15) is 16.8 Å². The van der Waals surface area contributed by atoms with E-state index >= 15 is 0 Å². The number of carbonyl (C=O) groups is 1. The van der Waals surface area contributed by atoms with Crippen LogP contribution >= 0.6 is 11.6 Å². The van der Waals surface area contributed by atoms with Gasteiger partial charge in [0.2, 0.25) is 0 Å². The van der Waals surface area contributed by atoms with Crippen molar-refractivity contribution >= 4 is 28.2 Å². The lowest BCUT2D eigenvalue weighted by Crippen LogP contribution is -2.37. The lowest BCUT2D eigenvalue weighted by atomic mass is 10.0. The highest BCUT2D eigenvalue weighted by atomic mass is 35.5. The molecule has 4 heteroatoms. The second-order valence-electron chi connectivity index (χ2n) is 5.31. The molecule has 0 amide bonds. The number of ether oxygens (including phenoxy) is 1. The molecule has 1 aliphatic rings. The van der Waals surface area contributed by atoms with Gasteiger partial charge < -0.3 is 4.74 Å². The van der Waals surface area contributed by atoms with Crippen molar-refractivity contribution in [2.45, 2.75) is 6.42 Å². The van der Waals surface area contributed by atoms with Gasteiger partial charge in [0.15, 0.2) is 5.78 Å². The minimum absolute atomic E-state index is 0.147. The van der Waals surface area contributed by atoms with E-state index in [1.165, 1.54) is 0 Å². The highest BCUT2D eigenvalue weighted by Crippen LogP contribution is 2.25. The van der Waals surface area contributed by atoms with Crippen molar-refractivity contribution in [1.82, 2.24) is 4.90 Å². The minimum Gasteiger partial charge on any atom is -0.379 e. The van der Waals surface area contributed by atoms with Crippen LogP contribution in [-0.4, -0.2) is 43.5 Å². The topological polar surface area (TPSA) is 29.5 Å². The smallest absolute Gasteiger partial charge is 0.164 e. The van der Waals surface area contributed by atoms with Gasteiger partial charge >= 0.3 is 0 Å².